The molecular weight excluding hydrogens is 393 g/mol. The van der Waals surface area contributed by atoms with Crippen molar-refractivity contribution in [2.75, 3.05) is 0 Å². The molecule has 32 heavy (non-hydrogen) atoms. The maximum atomic E-state index is 13.9. The second kappa shape index (κ2) is 9.90. The summed E-state index contributed by atoms with van der Waals surface area (Å²) in [5, 5.41) is 8.87. The van der Waals surface area contributed by atoms with Crippen molar-refractivity contribution < 1.29 is 4.39 Å². The number of hydrogen-bond acceptors (Lipinski definition) is 1. The lowest BCUT2D eigenvalue weighted by Gasteiger charge is -2.12. The number of benzene rings is 4. The molecule has 0 amide bonds. The van der Waals surface area contributed by atoms with E-state index >= 15 is 0 Å². The Kier molecular flexibility index (Phi) is 6.58. The number of halogens is 1. The van der Waals surface area contributed by atoms with Crippen LogP contribution < -0.4 is 0 Å². The lowest BCUT2D eigenvalue weighted by atomic mass is 9.93. The van der Waals surface area contributed by atoms with Gasteiger partial charge in [0.1, 0.15) is 11.9 Å². The van der Waals surface area contributed by atoms with Crippen LogP contribution in [0, 0.1) is 17.1 Å². The van der Waals surface area contributed by atoms with E-state index in [0.29, 0.717) is 5.92 Å². The molecule has 4 aromatic rings. The van der Waals surface area contributed by atoms with Gasteiger partial charge in [-0.2, -0.15) is 5.26 Å². The van der Waals surface area contributed by atoms with E-state index in [4.69, 9.17) is 5.26 Å². The maximum Gasteiger partial charge on any atom is 0.141 e. The van der Waals surface area contributed by atoms with Gasteiger partial charge in [-0.25, -0.2) is 4.39 Å². The van der Waals surface area contributed by atoms with Crippen molar-refractivity contribution in [1.29, 1.82) is 5.26 Å². The first-order valence-electron chi connectivity index (χ1n) is 10.7. The van der Waals surface area contributed by atoms with E-state index in [0.717, 1.165) is 28.7 Å². The zero-order valence-electron chi connectivity index (χ0n) is 18.0. The normalized spacial score (nSPS) is 11.9. The molecule has 0 heterocycles. The zero-order valence-corrected chi connectivity index (χ0v) is 18.0. The second-order valence-electron chi connectivity index (χ2n) is 8.02. The molecule has 0 aromatic heterocycles. The van der Waals surface area contributed by atoms with Gasteiger partial charge in [-0.3, -0.25) is 0 Å². The first-order chi connectivity index (χ1) is 15.6. The van der Waals surface area contributed by atoms with Crippen LogP contribution in [0.2, 0.25) is 0 Å². The van der Waals surface area contributed by atoms with Crippen molar-refractivity contribution in [3.05, 3.63) is 131 Å². The highest BCUT2D eigenvalue weighted by Gasteiger charge is 2.06. The fraction of sp³-hybridized carbons (Fsp3) is 0.100. The van der Waals surface area contributed by atoms with E-state index in [-0.39, 0.29) is 5.56 Å². The molecule has 1 atom stereocenters. The highest BCUT2D eigenvalue weighted by atomic mass is 19.1. The second-order valence-corrected chi connectivity index (χ2v) is 8.02. The summed E-state index contributed by atoms with van der Waals surface area (Å²) in [5.74, 6) is -0.00346. The van der Waals surface area contributed by atoms with Gasteiger partial charge in [0.25, 0.3) is 0 Å². The molecule has 0 aliphatic heterocycles. The van der Waals surface area contributed by atoms with Crippen molar-refractivity contribution in [3.63, 3.8) is 0 Å². The fourth-order valence-electron chi connectivity index (χ4n) is 3.78. The van der Waals surface area contributed by atoms with E-state index in [1.165, 1.54) is 23.3 Å². The Labute approximate surface area is 189 Å². The Balaban J connectivity index is 1.40. The monoisotopic (exact) mass is 417 g/mol. The fourth-order valence-corrected chi connectivity index (χ4v) is 3.78. The van der Waals surface area contributed by atoms with Crippen LogP contribution in [-0.2, 0) is 6.42 Å². The lowest BCUT2D eigenvalue weighted by Crippen LogP contribution is -1.98. The van der Waals surface area contributed by atoms with Crippen LogP contribution in [-0.4, -0.2) is 0 Å². The summed E-state index contributed by atoms with van der Waals surface area (Å²) in [6.07, 6.45) is 5.19. The van der Waals surface area contributed by atoms with Gasteiger partial charge in [-0.05, 0) is 57.9 Å². The minimum atomic E-state index is -0.490. The molecule has 0 aliphatic carbocycles. The van der Waals surface area contributed by atoms with E-state index < -0.39 is 5.82 Å². The first kappa shape index (κ1) is 21.3. The molecule has 2 heteroatoms. The van der Waals surface area contributed by atoms with Gasteiger partial charge < -0.3 is 0 Å². The first-order valence-corrected chi connectivity index (χ1v) is 10.7. The average Bonchev–Trinajstić information content (AvgIpc) is 2.84. The smallest absolute Gasteiger partial charge is 0.141 e. The van der Waals surface area contributed by atoms with Crippen LogP contribution in [0.1, 0.15) is 40.7 Å². The van der Waals surface area contributed by atoms with Crippen LogP contribution in [0.25, 0.3) is 23.3 Å². The van der Waals surface area contributed by atoms with Crippen LogP contribution >= 0.6 is 0 Å². The summed E-state index contributed by atoms with van der Waals surface area (Å²) < 4.78 is 13.9. The molecule has 4 aromatic carbocycles. The van der Waals surface area contributed by atoms with Gasteiger partial charge >= 0.3 is 0 Å². The summed E-state index contributed by atoms with van der Waals surface area (Å²) in [7, 11) is 0. The van der Waals surface area contributed by atoms with Crippen LogP contribution in [0.4, 0.5) is 4.39 Å². The average molecular weight is 418 g/mol. The summed E-state index contributed by atoms with van der Waals surface area (Å²) in [6.45, 7) is 2.26. The Hall–Kier alpha value is -3.96. The largest absolute Gasteiger partial charge is 0.206 e. The van der Waals surface area contributed by atoms with E-state index in [9.17, 15) is 4.39 Å². The predicted molar refractivity (Wildman–Crippen MR) is 130 cm³/mol. The standard InChI is InChI=1S/C30H24FN/c1-22(26-5-3-2-4-6-26)19-25-11-9-23(10-12-25)7-8-24-13-15-27(16-14-24)28-17-18-29(21-32)30(31)20-28/h2-18,20,22H,19H2,1H3/t22-/m1/s1. The molecule has 0 saturated heterocycles. The Morgan fingerprint density at radius 1 is 0.781 bits per heavy atom. The summed E-state index contributed by atoms with van der Waals surface area (Å²) in [5.41, 5.74) is 6.67. The van der Waals surface area contributed by atoms with Crippen LogP contribution in [0.3, 0.4) is 0 Å². The molecule has 0 radical (unpaired) electrons. The van der Waals surface area contributed by atoms with Gasteiger partial charge in [0.05, 0.1) is 5.56 Å². The molecule has 0 aliphatic rings. The highest BCUT2D eigenvalue weighted by molar-refractivity contribution is 5.72. The van der Waals surface area contributed by atoms with Gasteiger partial charge in [-0.15, -0.1) is 0 Å². The molecule has 0 spiro atoms. The molecule has 0 bridgehead atoms. The van der Waals surface area contributed by atoms with Crippen molar-refractivity contribution in [3.8, 4) is 17.2 Å². The van der Waals surface area contributed by atoms with Crippen molar-refractivity contribution in [2.24, 2.45) is 0 Å². The Bertz CT molecular complexity index is 1250. The van der Waals surface area contributed by atoms with Crippen molar-refractivity contribution in [1.82, 2.24) is 0 Å². The molecule has 0 unspecified atom stereocenters. The molecule has 156 valence electrons. The van der Waals surface area contributed by atoms with Gasteiger partial charge in [0, 0.05) is 0 Å². The molecule has 0 N–H and O–H groups in total. The lowest BCUT2D eigenvalue weighted by molar-refractivity contribution is 0.624. The number of hydrogen-bond donors (Lipinski definition) is 0. The minimum absolute atomic E-state index is 0.0637. The quantitative estimate of drug-likeness (QED) is 0.293. The third-order valence-corrected chi connectivity index (χ3v) is 5.69. The van der Waals surface area contributed by atoms with Gasteiger partial charge in [0.2, 0.25) is 0 Å². The van der Waals surface area contributed by atoms with E-state index in [1.807, 2.05) is 30.3 Å². The Morgan fingerprint density at radius 3 is 1.97 bits per heavy atom. The maximum absolute atomic E-state index is 13.9. The number of rotatable bonds is 6. The van der Waals surface area contributed by atoms with Gasteiger partial charge in [0.15, 0.2) is 0 Å². The molecule has 0 fully saturated rings. The summed E-state index contributed by atoms with van der Waals surface area (Å²) in [6, 6.07) is 33.8. The zero-order chi connectivity index (χ0) is 22.3. The van der Waals surface area contributed by atoms with Crippen molar-refractivity contribution in [2.45, 2.75) is 19.3 Å². The van der Waals surface area contributed by atoms with Crippen LogP contribution in [0.5, 0.6) is 0 Å². The third kappa shape index (κ3) is 5.20. The number of nitriles is 1. The SMILES string of the molecule is C[C@H](Cc1ccc(C=Cc2ccc(-c3ccc(C#N)c(F)c3)cc2)cc1)c1ccccc1. The minimum Gasteiger partial charge on any atom is -0.206 e. The molecule has 4 rings (SSSR count). The Morgan fingerprint density at radius 2 is 1.38 bits per heavy atom. The predicted octanol–water partition coefficient (Wildman–Crippen LogP) is 7.88. The van der Waals surface area contributed by atoms with E-state index in [2.05, 4.69) is 73.7 Å². The highest BCUT2D eigenvalue weighted by Crippen LogP contribution is 2.23. The topological polar surface area (TPSA) is 23.8 Å². The van der Waals surface area contributed by atoms with E-state index in [1.54, 1.807) is 6.07 Å². The molecule has 1 nitrogen and oxygen atoms in total. The van der Waals surface area contributed by atoms with Crippen LogP contribution in [0.15, 0.2) is 97.1 Å². The molecular formula is C30H24FN. The third-order valence-electron chi connectivity index (χ3n) is 5.69. The molecule has 0 saturated carbocycles. The van der Waals surface area contributed by atoms with Gasteiger partial charge in [-0.1, -0.05) is 104 Å². The van der Waals surface area contributed by atoms with Crippen molar-refractivity contribution >= 4 is 12.2 Å². The summed E-state index contributed by atoms with van der Waals surface area (Å²) in [4.78, 5) is 0. The summed E-state index contributed by atoms with van der Waals surface area (Å²) >= 11 is 0. The number of nitrogens with zero attached hydrogens (tertiary/aromatic N) is 1.